The van der Waals surface area contributed by atoms with Gasteiger partial charge < -0.3 is 15.1 Å². The lowest BCUT2D eigenvalue weighted by Gasteiger charge is -2.10. The van der Waals surface area contributed by atoms with Crippen molar-refractivity contribution in [1.29, 1.82) is 0 Å². The molecule has 1 aromatic heterocycles. The number of nitrogens with one attached hydrogen (secondary N) is 2. The van der Waals surface area contributed by atoms with Crippen molar-refractivity contribution in [2.45, 2.75) is 13.0 Å². The van der Waals surface area contributed by atoms with Gasteiger partial charge in [0.2, 0.25) is 11.8 Å². The predicted molar refractivity (Wildman–Crippen MR) is 106 cm³/mol. The molecule has 0 fully saturated rings. The van der Waals surface area contributed by atoms with Crippen molar-refractivity contribution >= 4 is 11.8 Å². The van der Waals surface area contributed by atoms with Crippen LogP contribution in [0.2, 0.25) is 0 Å². The third kappa shape index (κ3) is 5.38. The van der Waals surface area contributed by atoms with Gasteiger partial charge in [-0.1, -0.05) is 24.8 Å². The molecular formula is C22H20FN3O3. The van der Waals surface area contributed by atoms with E-state index in [1.165, 1.54) is 24.5 Å². The van der Waals surface area contributed by atoms with Crippen LogP contribution in [0.1, 0.15) is 21.6 Å². The fraction of sp³-hybridized carbons (Fsp3) is 0.136. The third-order valence-electron chi connectivity index (χ3n) is 4.21. The zero-order chi connectivity index (χ0) is 20.6. The van der Waals surface area contributed by atoms with Gasteiger partial charge >= 0.3 is 0 Å². The van der Waals surface area contributed by atoms with Crippen molar-refractivity contribution < 1.29 is 18.4 Å². The van der Waals surface area contributed by atoms with Crippen LogP contribution in [0.25, 0.3) is 11.5 Å². The summed E-state index contributed by atoms with van der Waals surface area (Å²) in [7, 11) is 0. The highest BCUT2D eigenvalue weighted by Gasteiger charge is 2.12. The molecule has 0 aliphatic heterocycles. The van der Waals surface area contributed by atoms with E-state index in [0.717, 1.165) is 0 Å². The molecule has 29 heavy (non-hydrogen) atoms. The Morgan fingerprint density at radius 2 is 1.86 bits per heavy atom. The molecular weight excluding hydrogens is 373 g/mol. The summed E-state index contributed by atoms with van der Waals surface area (Å²) >= 11 is 0. The number of oxazole rings is 1. The second-order valence-corrected chi connectivity index (χ2v) is 6.24. The Kier molecular flexibility index (Phi) is 6.52. The Bertz CT molecular complexity index is 1010. The second kappa shape index (κ2) is 9.45. The largest absolute Gasteiger partial charge is 0.444 e. The maximum atomic E-state index is 13.0. The lowest BCUT2D eigenvalue weighted by Crippen LogP contribution is -2.28. The Morgan fingerprint density at radius 3 is 2.62 bits per heavy atom. The van der Waals surface area contributed by atoms with Crippen molar-refractivity contribution in [2.24, 2.45) is 0 Å². The highest BCUT2D eigenvalue weighted by atomic mass is 19.1. The summed E-state index contributed by atoms with van der Waals surface area (Å²) in [5, 5.41) is 5.51. The molecule has 0 atom stereocenters. The maximum absolute atomic E-state index is 13.0. The lowest BCUT2D eigenvalue weighted by atomic mass is 10.1. The smallest absolute Gasteiger partial charge is 0.251 e. The normalized spacial score (nSPS) is 10.4. The summed E-state index contributed by atoms with van der Waals surface area (Å²) < 4.78 is 18.4. The third-order valence-corrected chi connectivity index (χ3v) is 4.21. The zero-order valence-corrected chi connectivity index (χ0v) is 15.7. The van der Waals surface area contributed by atoms with E-state index in [0.29, 0.717) is 41.2 Å². The minimum Gasteiger partial charge on any atom is -0.444 e. The van der Waals surface area contributed by atoms with E-state index in [9.17, 15) is 14.0 Å². The van der Waals surface area contributed by atoms with Gasteiger partial charge in [0.1, 0.15) is 12.1 Å². The highest BCUT2D eigenvalue weighted by molar-refractivity contribution is 5.96. The van der Waals surface area contributed by atoms with Gasteiger partial charge in [0.15, 0.2) is 0 Å². The van der Waals surface area contributed by atoms with E-state index in [1.807, 2.05) is 0 Å². The predicted octanol–water partition coefficient (Wildman–Crippen LogP) is 3.26. The van der Waals surface area contributed by atoms with Crippen molar-refractivity contribution in [3.05, 3.63) is 90.1 Å². The van der Waals surface area contributed by atoms with Gasteiger partial charge in [-0.2, -0.15) is 0 Å². The van der Waals surface area contributed by atoms with Crippen LogP contribution in [0.15, 0.2) is 71.9 Å². The van der Waals surface area contributed by atoms with E-state index in [1.54, 1.807) is 36.4 Å². The van der Waals surface area contributed by atoms with Gasteiger partial charge in [0.25, 0.3) is 5.91 Å². The van der Waals surface area contributed by atoms with Crippen LogP contribution in [-0.4, -0.2) is 23.3 Å². The molecule has 1 heterocycles. The summed E-state index contributed by atoms with van der Waals surface area (Å²) in [5.41, 5.74) is 2.55. The molecule has 148 valence electrons. The SMILES string of the molecule is C=CC(=O)NCc1ccccc1C(=O)NCCc1coc(-c2ccc(F)cc2)n1. The first-order valence-electron chi connectivity index (χ1n) is 9.03. The lowest BCUT2D eigenvalue weighted by molar-refractivity contribution is -0.116. The molecule has 0 radical (unpaired) electrons. The number of hydrogen-bond acceptors (Lipinski definition) is 4. The molecule has 2 aromatic carbocycles. The fourth-order valence-corrected chi connectivity index (χ4v) is 2.70. The minimum absolute atomic E-state index is 0.235. The summed E-state index contributed by atoms with van der Waals surface area (Å²) in [6.45, 7) is 4.00. The van der Waals surface area contributed by atoms with E-state index >= 15 is 0 Å². The van der Waals surface area contributed by atoms with Gasteiger partial charge in [-0.25, -0.2) is 9.37 Å². The molecule has 0 bridgehead atoms. The molecule has 7 heteroatoms. The van der Waals surface area contributed by atoms with Crippen LogP contribution in [0.4, 0.5) is 4.39 Å². The van der Waals surface area contributed by atoms with Crippen molar-refractivity contribution in [3.8, 4) is 11.5 Å². The quantitative estimate of drug-likeness (QED) is 0.576. The van der Waals surface area contributed by atoms with Gasteiger partial charge in [0, 0.05) is 30.6 Å². The Morgan fingerprint density at radius 1 is 1.10 bits per heavy atom. The van der Waals surface area contributed by atoms with Gasteiger partial charge in [0.05, 0.1) is 5.69 Å². The fourth-order valence-electron chi connectivity index (χ4n) is 2.70. The van der Waals surface area contributed by atoms with Crippen LogP contribution in [0.3, 0.4) is 0 Å². The number of benzene rings is 2. The van der Waals surface area contributed by atoms with Gasteiger partial charge in [-0.15, -0.1) is 0 Å². The Hall–Kier alpha value is -3.74. The molecule has 6 nitrogen and oxygen atoms in total. The van der Waals surface area contributed by atoms with E-state index in [4.69, 9.17) is 4.42 Å². The molecule has 0 saturated carbocycles. The summed E-state index contributed by atoms with van der Waals surface area (Å²) in [5.74, 6) is -0.471. The number of amides is 2. The Labute approximate surface area is 167 Å². The van der Waals surface area contributed by atoms with Crippen LogP contribution < -0.4 is 10.6 Å². The first kappa shape index (κ1) is 20.0. The van der Waals surface area contributed by atoms with Crippen LogP contribution in [0, 0.1) is 5.82 Å². The molecule has 2 N–H and O–H groups in total. The van der Waals surface area contributed by atoms with Crippen LogP contribution >= 0.6 is 0 Å². The first-order chi connectivity index (χ1) is 14.1. The number of nitrogens with zero attached hydrogens (tertiary/aromatic N) is 1. The van der Waals surface area contributed by atoms with Crippen molar-refractivity contribution in [1.82, 2.24) is 15.6 Å². The van der Waals surface area contributed by atoms with Crippen LogP contribution in [-0.2, 0) is 17.8 Å². The minimum atomic E-state index is -0.326. The second-order valence-electron chi connectivity index (χ2n) is 6.24. The molecule has 3 rings (SSSR count). The van der Waals surface area contributed by atoms with Gasteiger partial charge in [-0.3, -0.25) is 9.59 Å². The standard InChI is InChI=1S/C22H20FN3O3/c1-2-20(27)25-13-16-5-3-4-6-19(16)21(28)24-12-11-18-14-29-22(26-18)15-7-9-17(23)10-8-15/h2-10,14H,1,11-13H2,(H,24,28)(H,25,27). The molecule has 3 aromatic rings. The van der Waals surface area contributed by atoms with Crippen molar-refractivity contribution in [3.63, 3.8) is 0 Å². The van der Waals surface area contributed by atoms with E-state index < -0.39 is 0 Å². The average Bonchev–Trinajstić information content (AvgIpc) is 3.21. The monoisotopic (exact) mass is 393 g/mol. The average molecular weight is 393 g/mol. The molecule has 0 aliphatic rings. The van der Waals surface area contributed by atoms with E-state index in [-0.39, 0.29) is 24.2 Å². The number of carbonyl (C=O) groups excluding carboxylic acids is 2. The molecule has 0 saturated heterocycles. The topological polar surface area (TPSA) is 84.2 Å². The molecule has 0 unspecified atom stereocenters. The molecule has 2 amide bonds. The maximum Gasteiger partial charge on any atom is 0.251 e. The highest BCUT2D eigenvalue weighted by Crippen LogP contribution is 2.19. The van der Waals surface area contributed by atoms with E-state index in [2.05, 4.69) is 22.2 Å². The number of hydrogen-bond donors (Lipinski definition) is 2. The number of carbonyl (C=O) groups is 2. The molecule has 0 aliphatic carbocycles. The summed E-state index contributed by atoms with van der Waals surface area (Å²) in [6, 6.07) is 12.9. The van der Waals surface area contributed by atoms with Gasteiger partial charge in [-0.05, 0) is 42.0 Å². The number of aromatic nitrogens is 1. The molecule has 0 spiro atoms. The zero-order valence-electron chi connectivity index (χ0n) is 15.7. The summed E-state index contributed by atoms with van der Waals surface area (Å²) in [6.07, 6.45) is 3.18. The Balaban J connectivity index is 1.56. The van der Waals surface area contributed by atoms with Crippen LogP contribution in [0.5, 0.6) is 0 Å². The number of halogens is 1. The summed E-state index contributed by atoms with van der Waals surface area (Å²) in [4.78, 5) is 28.2. The first-order valence-corrected chi connectivity index (χ1v) is 9.03. The number of rotatable bonds is 8. The van der Waals surface area contributed by atoms with Crippen molar-refractivity contribution in [2.75, 3.05) is 6.54 Å².